The number of para-hydroxylation sites is 1. The number of hydrogen-bond donors (Lipinski definition) is 1. The summed E-state index contributed by atoms with van der Waals surface area (Å²) in [5, 5.41) is 9.95. The second-order valence-corrected chi connectivity index (χ2v) is 4.35. The van der Waals surface area contributed by atoms with Crippen LogP contribution in [0, 0.1) is 0 Å². The van der Waals surface area contributed by atoms with Crippen LogP contribution in [0.1, 0.15) is 0 Å². The number of nitrogens with zero attached hydrogens (tertiary/aromatic N) is 3. The van der Waals surface area contributed by atoms with Gasteiger partial charge in [-0.3, -0.25) is 0 Å². The number of aromatic hydroxyl groups is 1. The van der Waals surface area contributed by atoms with Crippen molar-refractivity contribution in [3.05, 3.63) is 54.6 Å². The largest absolute Gasteiger partial charge is 0.507 e. The van der Waals surface area contributed by atoms with E-state index in [-0.39, 0.29) is 11.8 Å². The molecule has 0 aliphatic carbocycles. The van der Waals surface area contributed by atoms with Crippen molar-refractivity contribution in [2.24, 2.45) is 0 Å². The summed E-state index contributed by atoms with van der Waals surface area (Å²) in [4.78, 5) is 12.9. The molecule has 0 unspecified atom stereocenters. The highest BCUT2D eigenvalue weighted by Gasteiger charge is 2.12. The predicted octanol–water partition coefficient (Wildman–Crippen LogP) is 2.92. The number of methoxy groups -OCH3 is 1. The molecule has 1 heterocycles. The van der Waals surface area contributed by atoms with E-state index >= 15 is 0 Å². The highest BCUT2D eigenvalue weighted by Crippen LogP contribution is 2.28. The zero-order chi connectivity index (χ0) is 14.7. The maximum Gasteiger partial charge on any atom is 0.320 e. The molecule has 3 aromatic rings. The first kappa shape index (κ1) is 13.1. The van der Waals surface area contributed by atoms with Crippen LogP contribution in [0.5, 0.6) is 11.8 Å². The van der Waals surface area contributed by atoms with Gasteiger partial charge in [0.15, 0.2) is 11.6 Å². The molecule has 0 radical (unpaired) electrons. The van der Waals surface area contributed by atoms with Crippen LogP contribution in [0.25, 0.3) is 22.8 Å². The Morgan fingerprint density at radius 2 is 1.48 bits per heavy atom. The minimum Gasteiger partial charge on any atom is -0.507 e. The first-order valence-electron chi connectivity index (χ1n) is 6.42. The summed E-state index contributed by atoms with van der Waals surface area (Å²) in [6, 6.07) is 16.7. The normalized spacial score (nSPS) is 10.3. The second kappa shape index (κ2) is 5.58. The number of phenols is 1. The van der Waals surface area contributed by atoms with E-state index < -0.39 is 0 Å². The third-order valence-corrected chi connectivity index (χ3v) is 2.97. The molecule has 1 aromatic heterocycles. The van der Waals surface area contributed by atoms with E-state index in [0.717, 1.165) is 5.56 Å². The first-order valence-corrected chi connectivity index (χ1v) is 6.42. The van der Waals surface area contributed by atoms with E-state index in [1.807, 2.05) is 36.4 Å². The first-order chi connectivity index (χ1) is 10.3. The number of phenolic OH excluding ortho intramolecular Hbond substituents is 1. The van der Waals surface area contributed by atoms with Gasteiger partial charge in [0.05, 0.1) is 12.7 Å². The number of aromatic nitrogens is 3. The van der Waals surface area contributed by atoms with Crippen LogP contribution in [0.2, 0.25) is 0 Å². The molecule has 3 rings (SSSR count). The molecule has 1 N–H and O–H groups in total. The molecule has 0 saturated heterocycles. The van der Waals surface area contributed by atoms with Gasteiger partial charge in [-0.1, -0.05) is 42.5 Å². The third-order valence-electron chi connectivity index (χ3n) is 2.97. The Bertz CT molecular complexity index is 760. The summed E-state index contributed by atoms with van der Waals surface area (Å²) < 4.78 is 5.13. The topological polar surface area (TPSA) is 68.1 Å². The van der Waals surface area contributed by atoms with Gasteiger partial charge in [0.25, 0.3) is 0 Å². The highest BCUT2D eigenvalue weighted by molar-refractivity contribution is 5.66. The lowest BCUT2D eigenvalue weighted by molar-refractivity contribution is 0.379. The molecule has 0 aliphatic heterocycles. The van der Waals surface area contributed by atoms with Gasteiger partial charge in [-0.05, 0) is 12.1 Å². The minimum atomic E-state index is 0.116. The fourth-order valence-corrected chi connectivity index (χ4v) is 1.95. The summed E-state index contributed by atoms with van der Waals surface area (Å²) in [6.45, 7) is 0. The van der Waals surface area contributed by atoms with E-state index in [1.165, 1.54) is 7.11 Å². The summed E-state index contributed by atoms with van der Waals surface area (Å²) in [5.41, 5.74) is 1.39. The fourth-order valence-electron chi connectivity index (χ4n) is 1.95. The number of ether oxygens (including phenoxy) is 1. The van der Waals surface area contributed by atoms with Crippen LogP contribution >= 0.6 is 0 Å². The third kappa shape index (κ3) is 2.67. The molecule has 5 heteroatoms. The standard InChI is InChI=1S/C16H13N3O2/c1-21-16-18-14(11-7-3-2-4-8-11)17-15(19-16)12-9-5-6-10-13(12)20/h2-10,20H,1H3. The van der Waals surface area contributed by atoms with E-state index in [4.69, 9.17) is 4.74 Å². The molecule has 104 valence electrons. The highest BCUT2D eigenvalue weighted by atomic mass is 16.5. The molecular formula is C16H13N3O2. The molecule has 0 fully saturated rings. The second-order valence-electron chi connectivity index (χ2n) is 4.35. The number of rotatable bonds is 3. The lowest BCUT2D eigenvalue weighted by Crippen LogP contribution is -2.00. The van der Waals surface area contributed by atoms with Gasteiger partial charge in [0, 0.05) is 5.56 Å². The van der Waals surface area contributed by atoms with Crippen LogP contribution < -0.4 is 4.74 Å². The molecule has 5 nitrogen and oxygen atoms in total. The number of benzene rings is 2. The zero-order valence-electron chi connectivity index (χ0n) is 11.4. The molecule has 0 saturated carbocycles. The van der Waals surface area contributed by atoms with Crippen LogP contribution in [-0.2, 0) is 0 Å². The van der Waals surface area contributed by atoms with Crippen molar-refractivity contribution in [2.45, 2.75) is 0 Å². The van der Waals surface area contributed by atoms with Crippen molar-refractivity contribution in [3.8, 4) is 34.5 Å². The molecule has 2 aromatic carbocycles. The van der Waals surface area contributed by atoms with Crippen LogP contribution in [0.4, 0.5) is 0 Å². The van der Waals surface area contributed by atoms with Crippen molar-refractivity contribution in [3.63, 3.8) is 0 Å². The van der Waals surface area contributed by atoms with Crippen LogP contribution in [0.3, 0.4) is 0 Å². The van der Waals surface area contributed by atoms with Gasteiger partial charge in [0.1, 0.15) is 5.75 Å². The molecule has 0 aliphatic rings. The number of hydrogen-bond acceptors (Lipinski definition) is 5. The maximum atomic E-state index is 9.95. The maximum absolute atomic E-state index is 9.95. The summed E-state index contributed by atoms with van der Waals surface area (Å²) in [7, 11) is 1.50. The Morgan fingerprint density at radius 3 is 2.19 bits per heavy atom. The van der Waals surface area contributed by atoms with Gasteiger partial charge in [-0.2, -0.15) is 9.97 Å². The molecule has 0 bridgehead atoms. The monoisotopic (exact) mass is 279 g/mol. The SMILES string of the molecule is COc1nc(-c2ccccc2)nc(-c2ccccc2O)n1. The lowest BCUT2D eigenvalue weighted by Gasteiger charge is -2.07. The molecule has 0 atom stereocenters. The van der Waals surface area contributed by atoms with Crippen molar-refractivity contribution in [2.75, 3.05) is 7.11 Å². The van der Waals surface area contributed by atoms with Crippen LogP contribution in [0.15, 0.2) is 54.6 Å². The van der Waals surface area contributed by atoms with Crippen molar-refractivity contribution in [1.82, 2.24) is 15.0 Å². The average Bonchev–Trinajstić information content (AvgIpc) is 2.55. The van der Waals surface area contributed by atoms with Crippen molar-refractivity contribution >= 4 is 0 Å². The van der Waals surface area contributed by atoms with Gasteiger partial charge in [0.2, 0.25) is 0 Å². The van der Waals surface area contributed by atoms with Gasteiger partial charge >= 0.3 is 6.01 Å². The van der Waals surface area contributed by atoms with Crippen molar-refractivity contribution in [1.29, 1.82) is 0 Å². The van der Waals surface area contributed by atoms with Crippen LogP contribution in [-0.4, -0.2) is 27.2 Å². The summed E-state index contributed by atoms with van der Waals surface area (Å²) >= 11 is 0. The average molecular weight is 279 g/mol. The molecule has 0 amide bonds. The fraction of sp³-hybridized carbons (Fsp3) is 0.0625. The summed E-state index contributed by atoms with van der Waals surface area (Å²) in [5.74, 6) is 0.990. The quantitative estimate of drug-likeness (QED) is 0.798. The van der Waals surface area contributed by atoms with Gasteiger partial charge in [-0.15, -0.1) is 0 Å². The smallest absolute Gasteiger partial charge is 0.320 e. The Morgan fingerprint density at radius 1 is 0.810 bits per heavy atom. The molecule has 0 spiro atoms. The Labute approximate surface area is 121 Å². The van der Waals surface area contributed by atoms with Gasteiger partial charge < -0.3 is 9.84 Å². The van der Waals surface area contributed by atoms with Crippen molar-refractivity contribution < 1.29 is 9.84 Å². The van der Waals surface area contributed by atoms with E-state index in [2.05, 4.69) is 15.0 Å². The van der Waals surface area contributed by atoms with E-state index in [0.29, 0.717) is 17.2 Å². The molecular weight excluding hydrogens is 266 g/mol. The molecule has 21 heavy (non-hydrogen) atoms. The Balaban J connectivity index is 2.17. The zero-order valence-corrected chi connectivity index (χ0v) is 11.4. The predicted molar refractivity (Wildman–Crippen MR) is 78.9 cm³/mol. The van der Waals surface area contributed by atoms with Gasteiger partial charge in [-0.25, -0.2) is 4.98 Å². The minimum absolute atomic E-state index is 0.116. The lowest BCUT2D eigenvalue weighted by atomic mass is 10.2. The Kier molecular flexibility index (Phi) is 3.47. The van der Waals surface area contributed by atoms with E-state index in [1.54, 1.807) is 18.2 Å². The van der Waals surface area contributed by atoms with E-state index in [9.17, 15) is 5.11 Å². The summed E-state index contributed by atoms with van der Waals surface area (Å²) in [6.07, 6.45) is 0. The Hall–Kier alpha value is -2.95.